The summed E-state index contributed by atoms with van der Waals surface area (Å²) in [5, 5.41) is 2.63. The fourth-order valence-electron chi connectivity index (χ4n) is 1.57. The van der Waals surface area contributed by atoms with E-state index in [1.54, 1.807) is 20.8 Å². The predicted octanol–water partition coefficient (Wildman–Crippen LogP) is 2.19. The van der Waals surface area contributed by atoms with Crippen LogP contribution in [0.4, 0.5) is 4.79 Å². The van der Waals surface area contributed by atoms with Crippen molar-refractivity contribution in [3.63, 3.8) is 0 Å². The Morgan fingerprint density at radius 2 is 2.11 bits per heavy atom. The van der Waals surface area contributed by atoms with Crippen molar-refractivity contribution in [2.24, 2.45) is 5.73 Å². The number of amides is 1. The summed E-state index contributed by atoms with van der Waals surface area (Å²) in [6, 6.07) is 7.04. The van der Waals surface area contributed by atoms with Crippen LogP contribution >= 0.6 is 0 Å². The van der Waals surface area contributed by atoms with Gasteiger partial charge in [0.05, 0.1) is 0 Å². The third-order valence-corrected chi connectivity index (χ3v) is 2.38. The molecule has 0 aliphatic heterocycles. The average molecular weight is 260 g/mol. The van der Waals surface area contributed by atoms with E-state index in [0.29, 0.717) is 0 Å². The second-order valence-electron chi connectivity index (χ2n) is 5.22. The van der Waals surface area contributed by atoms with Crippen LogP contribution in [0.5, 0.6) is 0 Å². The van der Waals surface area contributed by atoms with Crippen LogP contribution in [-0.2, 0) is 4.74 Å². The van der Waals surface area contributed by atoms with Crippen LogP contribution in [0.3, 0.4) is 0 Å². The molecule has 0 saturated heterocycles. The first-order valence-electron chi connectivity index (χ1n) is 6.11. The van der Waals surface area contributed by atoms with E-state index in [1.807, 2.05) is 24.3 Å². The molecule has 0 aliphatic rings. The highest BCUT2D eigenvalue weighted by Gasteiger charge is 2.17. The Bertz CT molecular complexity index is 484. The summed E-state index contributed by atoms with van der Waals surface area (Å²) in [4.78, 5) is 11.5. The third-order valence-electron chi connectivity index (χ3n) is 2.38. The molecule has 1 aromatic carbocycles. The molecule has 19 heavy (non-hydrogen) atoms. The molecule has 1 aromatic rings. The third kappa shape index (κ3) is 5.02. The number of hydrogen-bond donors (Lipinski definition) is 2. The van der Waals surface area contributed by atoms with Gasteiger partial charge in [0.25, 0.3) is 0 Å². The van der Waals surface area contributed by atoms with Crippen molar-refractivity contribution < 1.29 is 9.53 Å². The molecule has 4 nitrogen and oxygen atoms in total. The number of alkyl carbamates (subject to hydrolysis) is 1. The second-order valence-corrected chi connectivity index (χ2v) is 5.22. The molecule has 0 radical (unpaired) electrons. The van der Waals surface area contributed by atoms with Gasteiger partial charge < -0.3 is 15.8 Å². The molecule has 0 spiro atoms. The molecular formula is C15H20N2O2. The summed E-state index contributed by atoms with van der Waals surface area (Å²) >= 11 is 0. The minimum atomic E-state index is -0.523. The first kappa shape index (κ1) is 15.1. The minimum absolute atomic E-state index is 0.271. The van der Waals surface area contributed by atoms with Crippen LogP contribution in [0.1, 0.15) is 37.9 Å². The number of ether oxygens (including phenoxy) is 1. The lowest BCUT2D eigenvalue weighted by molar-refractivity contribution is 0.0524. The van der Waals surface area contributed by atoms with Gasteiger partial charge in [0.2, 0.25) is 0 Å². The van der Waals surface area contributed by atoms with Gasteiger partial charge in [-0.15, -0.1) is 6.42 Å². The summed E-state index contributed by atoms with van der Waals surface area (Å²) < 4.78 is 5.13. The van der Waals surface area contributed by atoms with E-state index >= 15 is 0 Å². The van der Waals surface area contributed by atoms with Gasteiger partial charge in [-0.3, -0.25) is 0 Å². The summed E-state index contributed by atoms with van der Waals surface area (Å²) in [6.07, 6.45) is 4.92. The number of carbonyl (C=O) groups excluding carboxylic acids is 1. The Morgan fingerprint density at radius 3 is 2.68 bits per heavy atom. The van der Waals surface area contributed by atoms with Gasteiger partial charge in [0, 0.05) is 18.2 Å². The molecule has 0 saturated carbocycles. The molecule has 1 atom stereocenters. The quantitative estimate of drug-likeness (QED) is 0.819. The molecule has 0 aromatic heterocycles. The van der Waals surface area contributed by atoms with Crippen LogP contribution in [0.25, 0.3) is 0 Å². The number of carbonyl (C=O) groups is 1. The molecule has 0 fully saturated rings. The van der Waals surface area contributed by atoms with Crippen LogP contribution in [0, 0.1) is 12.3 Å². The maximum atomic E-state index is 11.5. The van der Waals surface area contributed by atoms with Crippen LogP contribution in [-0.4, -0.2) is 18.2 Å². The van der Waals surface area contributed by atoms with Crippen molar-refractivity contribution in [1.29, 1.82) is 0 Å². The van der Waals surface area contributed by atoms with Crippen molar-refractivity contribution >= 4 is 6.09 Å². The number of hydrogen-bond acceptors (Lipinski definition) is 3. The van der Waals surface area contributed by atoms with Gasteiger partial charge >= 0.3 is 6.09 Å². The fourth-order valence-corrected chi connectivity index (χ4v) is 1.57. The Labute approximate surface area is 114 Å². The van der Waals surface area contributed by atoms with E-state index in [9.17, 15) is 4.79 Å². The maximum absolute atomic E-state index is 11.5. The Morgan fingerprint density at radius 1 is 1.47 bits per heavy atom. The molecule has 4 heteroatoms. The lowest BCUT2D eigenvalue weighted by atomic mass is 10.0. The van der Waals surface area contributed by atoms with E-state index in [4.69, 9.17) is 16.9 Å². The number of nitrogens with one attached hydrogen (secondary N) is 1. The zero-order chi connectivity index (χ0) is 14.5. The largest absolute Gasteiger partial charge is 0.444 e. The highest BCUT2D eigenvalue weighted by atomic mass is 16.6. The molecule has 1 amide bonds. The lowest BCUT2D eigenvalue weighted by Crippen LogP contribution is -2.36. The van der Waals surface area contributed by atoms with Gasteiger partial charge in [-0.25, -0.2) is 4.79 Å². The van der Waals surface area contributed by atoms with Gasteiger partial charge in [0.1, 0.15) is 5.60 Å². The average Bonchev–Trinajstić information content (AvgIpc) is 2.33. The number of terminal acetylenes is 1. The van der Waals surface area contributed by atoms with Crippen molar-refractivity contribution in [1.82, 2.24) is 5.32 Å². The zero-order valence-corrected chi connectivity index (χ0v) is 11.6. The minimum Gasteiger partial charge on any atom is -0.444 e. The highest BCUT2D eigenvalue weighted by Crippen LogP contribution is 2.14. The summed E-state index contributed by atoms with van der Waals surface area (Å²) in [5.41, 5.74) is 7.07. The summed E-state index contributed by atoms with van der Waals surface area (Å²) in [6.45, 7) is 5.69. The molecule has 102 valence electrons. The molecule has 0 aliphatic carbocycles. The Hall–Kier alpha value is -1.99. The summed E-state index contributed by atoms with van der Waals surface area (Å²) in [5.74, 6) is 2.58. The van der Waals surface area contributed by atoms with Gasteiger partial charge in [-0.1, -0.05) is 24.1 Å². The van der Waals surface area contributed by atoms with E-state index in [1.165, 1.54) is 0 Å². The first-order valence-corrected chi connectivity index (χ1v) is 6.11. The van der Waals surface area contributed by atoms with Crippen molar-refractivity contribution in [2.45, 2.75) is 32.4 Å². The van der Waals surface area contributed by atoms with Crippen LogP contribution < -0.4 is 11.1 Å². The standard InChI is InChI=1S/C15H20N2O2/c1-5-11-8-6-7-9-12(11)13(16)10-17-14(18)19-15(2,3)4/h1,6-9,13H,10,16H2,2-4H3,(H,17,18). The van der Waals surface area contributed by atoms with Gasteiger partial charge in [-0.2, -0.15) is 0 Å². The van der Waals surface area contributed by atoms with Gasteiger partial charge in [-0.05, 0) is 32.4 Å². The van der Waals surface area contributed by atoms with E-state index in [0.717, 1.165) is 11.1 Å². The lowest BCUT2D eigenvalue weighted by Gasteiger charge is -2.21. The monoisotopic (exact) mass is 260 g/mol. The molecule has 1 rings (SSSR count). The van der Waals surface area contributed by atoms with Gasteiger partial charge in [0.15, 0.2) is 0 Å². The van der Waals surface area contributed by atoms with E-state index in [2.05, 4.69) is 11.2 Å². The van der Waals surface area contributed by atoms with Crippen molar-refractivity contribution in [3.05, 3.63) is 35.4 Å². The number of benzene rings is 1. The second kappa shape index (κ2) is 6.26. The topological polar surface area (TPSA) is 64.3 Å². The number of rotatable bonds is 3. The SMILES string of the molecule is C#Cc1ccccc1C(N)CNC(=O)OC(C)(C)C. The molecule has 3 N–H and O–H groups in total. The number of nitrogens with two attached hydrogens (primary N) is 1. The van der Waals surface area contributed by atoms with Crippen molar-refractivity contribution in [3.8, 4) is 12.3 Å². The maximum Gasteiger partial charge on any atom is 0.407 e. The normalized spacial score (nSPS) is 12.4. The van der Waals surface area contributed by atoms with Crippen molar-refractivity contribution in [2.75, 3.05) is 6.54 Å². The van der Waals surface area contributed by atoms with Crippen LogP contribution in [0.15, 0.2) is 24.3 Å². The smallest absolute Gasteiger partial charge is 0.407 e. The highest BCUT2D eigenvalue weighted by molar-refractivity contribution is 5.67. The van der Waals surface area contributed by atoms with E-state index < -0.39 is 11.7 Å². The van der Waals surface area contributed by atoms with E-state index in [-0.39, 0.29) is 12.6 Å². The Balaban J connectivity index is 2.59. The fraction of sp³-hybridized carbons (Fsp3) is 0.400. The predicted molar refractivity (Wildman–Crippen MR) is 75.5 cm³/mol. The molecule has 1 unspecified atom stereocenters. The zero-order valence-electron chi connectivity index (χ0n) is 11.6. The molecule has 0 bridgehead atoms. The van der Waals surface area contributed by atoms with Crippen LogP contribution in [0.2, 0.25) is 0 Å². The molecule has 0 heterocycles. The molecular weight excluding hydrogens is 240 g/mol. The summed E-state index contributed by atoms with van der Waals surface area (Å²) in [7, 11) is 0. The first-order chi connectivity index (χ1) is 8.83. The Kier molecular flexibility index (Phi) is 4.96.